The second kappa shape index (κ2) is 8.10. The van der Waals surface area contributed by atoms with Crippen molar-refractivity contribution < 1.29 is 14.3 Å². The summed E-state index contributed by atoms with van der Waals surface area (Å²) < 4.78 is 13.6. The third-order valence-electron chi connectivity index (χ3n) is 6.24. The molecule has 0 unspecified atom stereocenters. The highest BCUT2D eigenvalue weighted by atomic mass is 16.5. The lowest BCUT2D eigenvalue weighted by molar-refractivity contribution is 0.0392. The molecule has 31 heavy (non-hydrogen) atoms. The number of carbonyl (C=O) groups is 1. The topological polar surface area (TPSA) is 56.6 Å². The molecule has 1 amide bonds. The summed E-state index contributed by atoms with van der Waals surface area (Å²) in [6.07, 6.45) is 7.15. The molecule has 1 fully saturated rings. The van der Waals surface area contributed by atoms with E-state index in [1.54, 1.807) is 13.4 Å². The Balaban J connectivity index is 1.20. The normalized spacial score (nSPS) is 15.5. The van der Waals surface area contributed by atoms with Gasteiger partial charge >= 0.3 is 0 Å². The third kappa shape index (κ3) is 3.78. The molecule has 0 radical (unpaired) electrons. The summed E-state index contributed by atoms with van der Waals surface area (Å²) in [6.45, 7) is 4.04. The van der Waals surface area contributed by atoms with Crippen molar-refractivity contribution >= 4 is 5.91 Å². The van der Waals surface area contributed by atoms with Gasteiger partial charge in [-0.3, -0.25) is 4.79 Å². The molecule has 0 atom stereocenters. The van der Waals surface area contributed by atoms with Crippen molar-refractivity contribution in [1.82, 2.24) is 14.5 Å². The summed E-state index contributed by atoms with van der Waals surface area (Å²) in [5, 5.41) is 0. The van der Waals surface area contributed by atoms with Crippen molar-refractivity contribution in [2.45, 2.75) is 26.2 Å². The average molecular weight is 418 g/mol. The molecule has 0 N–H and O–H groups in total. The highest BCUT2D eigenvalue weighted by Gasteiger charge is 2.32. The Morgan fingerprint density at radius 2 is 2.03 bits per heavy atom. The molecule has 1 saturated heterocycles. The van der Waals surface area contributed by atoms with Gasteiger partial charge in [0.25, 0.3) is 5.91 Å². The molecule has 0 saturated carbocycles. The van der Waals surface area contributed by atoms with E-state index in [0.29, 0.717) is 23.8 Å². The fraction of sp³-hybridized carbons (Fsp3) is 0.360. The summed E-state index contributed by atoms with van der Waals surface area (Å²) in [7, 11) is 1.62. The maximum Gasteiger partial charge on any atom is 0.254 e. The van der Waals surface area contributed by atoms with E-state index in [9.17, 15) is 4.79 Å². The van der Waals surface area contributed by atoms with Crippen LogP contribution in [0.1, 0.15) is 33.6 Å². The summed E-state index contributed by atoms with van der Waals surface area (Å²) in [5.41, 5.74) is 5.22. The Hall–Kier alpha value is -3.28. The Bertz CT molecular complexity index is 1110. The van der Waals surface area contributed by atoms with Crippen LogP contribution in [0.25, 0.3) is 5.69 Å². The fourth-order valence-electron chi connectivity index (χ4n) is 4.53. The minimum atomic E-state index is 0.0310. The van der Waals surface area contributed by atoms with Crippen molar-refractivity contribution in [3.8, 4) is 17.2 Å². The zero-order chi connectivity index (χ0) is 21.4. The Morgan fingerprint density at radius 1 is 1.16 bits per heavy atom. The van der Waals surface area contributed by atoms with Crippen LogP contribution in [-0.2, 0) is 12.8 Å². The van der Waals surface area contributed by atoms with Crippen LogP contribution in [0.15, 0.2) is 48.9 Å². The largest absolute Gasteiger partial charge is 0.495 e. The zero-order valence-electron chi connectivity index (χ0n) is 18.0. The van der Waals surface area contributed by atoms with E-state index in [4.69, 9.17) is 9.47 Å². The van der Waals surface area contributed by atoms with Crippen LogP contribution in [0.3, 0.4) is 0 Å². The van der Waals surface area contributed by atoms with E-state index in [1.165, 1.54) is 17.5 Å². The van der Waals surface area contributed by atoms with Crippen molar-refractivity contribution in [1.29, 1.82) is 0 Å². The predicted octanol–water partition coefficient (Wildman–Crippen LogP) is 3.83. The van der Waals surface area contributed by atoms with Gasteiger partial charge in [0, 0.05) is 30.8 Å². The fourth-order valence-corrected chi connectivity index (χ4v) is 4.53. The molecular formula is C25H27N3O3. The van der Waals surface area contributed by atoms with E-state index in [-0.39, 0.29) is 5.91 Å². The van der Waals surface area contributed by atoms with Gasteiger partial charge in [-0.05, 0) is 61.6 Å². The summed E-state index contributed by atoms with van der Waals surface area (Å²) in [6, 6.07) is 11.9. The second-order valence-corrected chi connectivity index (χ2v) is 8.44. The molecule has 1 aromatic heterocycles. The maximum atomic E-state index is 12.9. The third-order valence-corrected chi connectivity index (χ3v) is 6.24. The molecule has 0 spiro atoms. The van der Waals surface area contributed by atoms with E-state index < -0.39 is 0 Å². The Labute approximate surface area is 182 Å². The van der Waals surface area contributed by atoms with Crippen LogP contribution < -0.4 is 9.47 Å². The van der Waals surface area contributed by atoms with Crippen LogP contribution in [0, 0.1) is 12.8 Å². The van der Waals surface area contributed by atoms with Gasteiger partial charge in [-0.15, -0.1) is 0 Å². The molecule has 6 heteroatoms. The number of ether oxygens (including phenoxy) is 2. The molecule has 1 aliphatic carbocycles. The molecule has 1 aliphatic heterocycles. The average Bonchev–Trinajstić information content (AvgIpc) is 3.41. The number of likely N-dealkylation sites (tertiary alicyclic amines) is 1. The number of carbonyl (C=O) groups excluding carboxylic acids is 1. The molecule has 2 heterocycles. The van der Waals surface area contributed by atoms with Crippen molar-refractivity contribution in [2.75, 3.05) is 26.8 Å². The molecular weight excluding hydrogens is 390 g/mol. The van der Waals surface area contributed by atoms with Crippen LogP contribution in [0.2, 0.25) is 0 Å². The highest BCUT2D eigenvalue weighted by molar-refractivity contribution is 5.95. The monoisotopic (exact) mass is 417 g/mol. The SMILES string of the molecule is COc1cc(C(=O)N2CC(COc3cccc4c3CCC4)C2)ccc1-n1cnc(C)c1. The molecule has 0 bridgehead atoms. The molecule has 2 aromatic carbocycles. The number of methoxy groups -OCH3 is 1. The number of rotatable bonds is 6. The quantitative estimate of drug-likeness (QED) is 0.612. The minimum Gasteiger partial charge on any atom is -0.495 e. The first-order valence-electron chi connectivity index (χ1n) is 10.8. The molecule has 160 valence electrons. The number of hydrogen-bond acceptors (Lipinski definition) is 4. The highest BCUT2D eigenvalue weighted by Crippen LogP contribution is 2.32. The predicted molar refractivity (Wildman–Crippen MR) is 118 cm³/mol. The minimum absolute atomic E-state index is 0.0310. The molecule has 3 aromatic rings. The standard InChI is InChI=1S/C25H27N3O3/c1-17-12-28(16-26-17)22-10-9-20(11-24(22)30-2)25(29)27-13-18(14-27)15-31-23-8-4-6-19-5-3-7-21(19)23/h4,6,8-12,16,18H,3,5,7,13-15H2,1-2H3. The van der Waals surface area contributed by atoms with Gasteiger partial charge in [-0.2, -0.15) is 0 Å². The number of nitrogens with zero attached hydrogens (tertiary/aromatic N) is 3. The van der Waals surface area contributed by atoms with E-state index in [1.807, 2.05) is 40.8 Å². The first kappa shape index (κ1) is 19.7. The van der Waals surface area contributed by atoms with E-state index in [2.05, 4.69) is 23.2 Å². The van der Waals surface area contributed by atoms with Crippen molar-refractivity contribution in [3.05, 3.63) is 71.3 Å². The number of imidazole rings is 1. The van der Waals surface area contributed by atoms with Crippen LogP contribution in [0.5, 0.6) is 11.5 Å². The van der Waals surface area contributed by atoms with E-state index >= 15 is 0 Å². The lowest BCUT2D eigenvalue weighted by Crippen LogP contribution is -2.52. The lowest BCUT2D eigenvalue weighted by atomic mass is 9.99. The smallest absolute Gasteiger partial charge is 0.254 e. The summed E-state index contributed by atoms with van der Waals surface area (Å²) in [5.74, 6) is 2.08. The number of hydrogen-bond donors (Lipinski definition) is 0. The number of benzene rings is 2. The molecule has 2 aliphatic rings. The van der Waals surface area contributed by atoms with Crippen LogP contribution >= 0.6 is 0 Å². The van der Waals surface area contributed by atoms with Gasteiger partial charge in [0.15, 0.2) is 0 Å². The first-order valence-corrected chi connectivity index (χ1v) is 10.8. The summed E-state index contributed by atoms with van der Waals surface area (Å²) >= 11 is 0. The first-order chi connectivity index (χ1) is 15.1. The van der Waals surface area contributed by atoms with Gasteiger partial charge in [0.2, 0.25) is 0 Å². The van der Waals surface area contributed by atoms with Gasteiger partial charge in [0.05, 0.1) is 31.4 Å². The zero-order valence-corrected chi connectivity index (χ0v) is 18.0. The van der Waals surface area contributed by atoms with Crippen molar-refractivity contribution in [3.63, 3.8) is 0 Å². The Kier molecular flexibility index (Phi) is 5.14. The Morgan fingerprint density at radius 3 is 2.81 bits per heavy atom. The number of aryl methyl sites for hydroxylation is 2. The van der Waals surface area contributed by atoms with Crippen molar-refractivity contribution in [2.24, 2.45) is 5.92 Å². The van der Waals surface area contributed by atoms with Gasteiger partial charge in [-0.1, -0.05) is 12.1 Å². The lowest BCUT2D eigenvalue weighted by Gasteiger charge is -2.39. The summed E-state index contributed by atoms with van der Waals surface area (Å²) in [4.78, 5) is 19.1. The van der Waals surface area contributed by atoms with Crippen LogP contribution in [0.4, 0.5) is 0 Å². The molecule has 5 rings (SSSR count). The second-order valence-electron chi connectivity index (χ2n) is 8.44. The molecule has 6 nitrogen and oxygen atoms in total. The number of amides is 1. The van der Waals surface area contributed by atoms with Gasteiger partial charge in [-0.25, -0.2) is 4.98 Å². The maximum absolute atomic E-state index is 12.9. The van der Waals surface area contributed by atoms with Gasteiger partial charge in [0.1, 0.15) is 11.5 Å². The van der Waals surface area contributed by atoms with Gasteiger partial charge < -0.3 is 18.9 Å². The van der Waals surface area contributed by atoms with Crippen LogP contribution in [-0.4, -0.2) is 47.2 Å². The number of fused-ring (bicyclic) bond motifs is 1. The number of aromatic nitrogens is 2. The van der Waals surface area contributed by atoms with E-state index in [0.717, 1.165) is 43.1 Å².